The van der Waals surface area contributed by atoms with E-state index in [1.807, 2.05) is 12.1 Å². The van der Waals surface area contributed by atoms with Gasteiger partial charge in [0, 0.05) is 39.4 Å². The molecule has 13 nitrogen and oxygen atoms in total. The van der Waals surface area contributed by atoms with Crippen molar-refractivity contribution in [1.82, 2.24) is 41.0 Å². The van der Waals surface area contributed by atoms with E-state index in [1.165, 1.54) is 4.90 Å². The van der Waals surface area contributed by atoms with Crippen molar-refractivity contribution in [3.8, 4) is 22.8 Å². The van der Waals surface area contributed by atoms with Gasteiger partial charge in [0.25, 0.3) is 11.9 Å². The van der Waals surface area contributed by atoms with E-state index in [0.717, 1.165) is 0 Å². The Labute approximate surface area is 194 Å². The Kier molecular flexibility index (Phi) is 5.75. The smallest absolute Gasteiger partial charge is 0.262 e. The molecule has 1 atom stereocenters. The normalized spacial score (nSPS) is 22.0. The summed E-state index contributed by atoms with van der Waals surface area (Å²) in [7, 11) is 3.24. The number of hydrazine groups is 2. The molecule has 0 bridgehead atoms. The zero-order valence-electron chi connectivity index (χ0n) is 18.6. The van der Waals surface area contributed by atoms with Crippen LogP contribution in [-0.4, -0.2) is 81.0 Å². The third-order valence-electron chi connectivity index (χ3n) is 5.54. The van der Waals surface area contributed by atoms with E-state index in [9.17, 15) is 9.90 Å². The molecule has 0 spiro atoms. The summed E-state index contributed by atoms with van der Waals surface area (Å²) in [4.78, 5) is 31.6. The van der Waals surface area contributed by atoms with Gasteiger partial charge in [-0.3, -0.25) is 10.2 Å². The quantitative estimate of drug-likeness (QED) is 0.457. The molecule has 1 unspecified atom stereocenters. The largest absolute Gasteiger partial charge is 0.373 e. The molecule has 176 valence electrons. The molecular formula is C21H23N9O4. The highest BCUT2D eigenvalue weighted by atomic mass is 16.5. The molecule has 0 aromatic carbocycles. The second kappa shape index (κ2) is 8.87. The Morgan fingerprint density at radius 1 is 1.24 bits per heavy atom. The third kappa shape index (κ3) is 4.12. The summed E-state index contributed by atoms with van der Waals surface area (Å²) in [5.41, 5.74) is 6.49. The van der Waals surface area contributed by atoms with Crippen molar-refractivity contribution in [2.24, 2.45) is 4.99 Å². The molecule has 3 aromatic heterocycles. The highest BCUT2D eigenvalue weighted by molar-refractivity contribution is 5.88. The van der Waals surface area contributed by atoms with E-state index < -0.39 is 11.5 Å². The van der Waals surface area contributed by atoms with E-state index in [-0.39, 0.29) is 18.1 Å². The number of methoxy groups -OCH3 is 1. The molecule has 0 radical (unpaired) electrons. The van der Waals surface area contributed by atoms with Gasteiger partial charge in [0.05, 0.1) is 23.6 Å². The lowest BCUT2D eigenvalue weighted by atomic mass is 9.98. The van der Waals surface area contributed by atoms with Gasteiger partial charge in [-0.2, -0.15) is 4.99 Å². The number of ether oxygens (including phenoxy) is 1. The van der Waals surface area contributed by atoms with Crippen LogP contribution < -0.4 is 10.9 Å². The first-order valence-electron chi connectivity index (χ1n) is 10.6. The van der Waals surface area contributed by atoms with Gasteiger partial charge in [0.1, 0.15) is 18.3 Å². The molecule has 3 N–H and O–H groups in total. The fourth-order valence-electron chi connectivity index (χ4n) is 3.74. The molecule has 5 rings (SSSR count). The zero-order valence-corrected chi connectivity index (χ0v) is 18.6. The maximum absolute atomic E-state index is 12.3. The maximum Gasteiger partial charge on any atom is 0.262 e. The number of amides is 1. The first-order valence-corrected chi connectivity index (χ1v) is 10.6. The molecule has 34 heavy (non-hydrogen) atoms. The van der Waals surface area contributed by atoms with Gasteiger partial charge in [-0.15, -0.1) is 5.12 Å². The Hall–Kier alpha value is -3.78. The van der Waals surface area contributed by atoms with Crippen molar-refractivity contribution in [2.75, 3.05) is 34.0 Å². The summed E-state index contributed by atoms with van der Waals surface area (Å²) in [5, 5.41) is 16.5. The number of amidine groups is 1. The van der Waals surface area contributed by atoms with Gasteiger partial charge in [-0.1, -0.05) is 11.2 Å². The van der Waals surface area contributed by atoms with Crippen LogP contribution in [0.4, 0.5) is 5.95 Å². The Morgan fingerprint density at radius 3 is 2.79 bits per heavy atom. The van der Waals surface area contributed by atoms with Crippen LogP contribution in [0, 0.1) is 0 Å². The van der Waals surface area contributed by atoms with E-state index in [4.69, 9.17) is 9.26 Å². The van der Waals surface area contributed by atoms with E-state index in [1.54, 1.807) is 43.7 Å². The minimum atomic E-state index is -1.71. The fraction of sp³-hybridized carbons (Fsp3) is 0.333. The predicted octanol–water partition coefficient (Wildman–Crippen LogP) is 0.202. The molecule has 13 heteroatoms. The summed E-state index contributed by atoms with van der Waals surface area (Å²) in [6.07, 6.45) is 1.85. The van der Waals surface area contributed by atoms with Gasteiger partial charge < -0.3 is 19.3 Å². The van der Waals surface area contributed by atoms with Crippen LogP contribution in [0.2, 0.25) is 0 Å². The molecule has 2 saturated heterocycles. The number of hydrogen-bond acceptors (Lipinski definition) is 11. The molecule has 2 fully saturated rings. The average Bonchev–Trinajstić information content (AvgIpc) is 3.58. The van der Waals surface area contributed by atoms with Crippen LogP contribution in [0.3, 0.4) is 0 Å². The van der Waals surface area contributed by atoms with Crippen molar-refractivity contribution >= 4 is 17.7 Å². The molecule has 3 aromatic rings. The summed E-state index contributed by atoms with van der Waals surface area (Å²) in [5.74, 6) is 0.618. The van der Waals surface area contributed by atoms with Crippen molar-refractivity contribution in [3.05, 3.63) is 42.3 Å². The fourth-order valence-corrected chi connectivity index (χ4v) is 3.74. The van der Waals surface area contributed by atoms with Crippen molar-refractivity contribution in [1.29, 1.82) is 0 Å². The Balaban J connectivity index is 1.38. The number of aliphatic hydroxyl groups is 1. The molecule has 5 heterocycles. The van der Waals surface area contributed by atoms with Crippen LogP contribution in [0.15, 0.2) is 46.0 Å². The Bertz CT molecular complexity index is 1250. The van der Waals surface area contributed by atoms with Crippen LogP contribution in [0.25, 0.3) is 22.8 Å². The minimum absolute atomic E-state index is 0.101. The number of rotatable bonds is 6. The van der Waals surface area contributed by atoms with E-state index in [0.29, 0.717) is 48.4 Å². The second-order valence-corrected chi connectivity index (χ2v) is 7.91. The van der Waals surface area contributed by atoms with E-state index >= 15 is 0 Å². The number of aromatic nitrogens is 4. The third-order valence-corrected chi connectivity index (χ3v) is 5.54. The highest BCUT2D eigenvalue weighted by Gasteiger charge is 2.48. The van der Waals surface area contributed by atoms with Crippen LogP contribution in [-0.2, 0) is 15.1 Å². The summed E-state index contributed by atoms with van der Waals surface area (Å²) in [6, 6.07) is 8.66. The summed E-state index contributed by atoms with van der Waals surface area (Å²) < 4.78 is 10.4. The average molecular weight is 465 g/mol. The number of likely N-dealkylation sites (N-methyl/N-ethyl adjacent to an activating group) is 1. The number of nitrogens with one attached hydrogen (secondary N) is 2. The topological polar surface area (TPSA) is 154 Å². The number of carbonyl (C=O) groups excluding carboxylic acids is 1. The molecule has 1 amide bonds. The number of likely N-dealkylation sites (tertiary alicyclic amines) is 1. The van der Waals surface area contributed by atoms with Gasteiger partial charge >= 0.3 is 0 Å². The van der Waals surface area contributed by atoms with Crippen LogP contribution >= 0.6 is 0 Å². The van der Waals surface area contributed by atoms with Crippen molar-refractivity contribution < 1.29 is 19.2 Å². The number of pyridine rings is 1. The molecule has 2 aliphatic rings. The predicted molar refractivity (Wildman–Crippen MR) is 119 cm³/mol. The SMILES string of the molecule is COCN1NC/C(=N\c2nccc(-c3cccc(-c4cc(C5(O)CCN(C)C5=O)on4)n3)n2)N1. The molecular weight excluding hydrogens is 442 g/mol. The lowest BCUT2D eigenvalue weighted by molar-refractivity contribution is -0.144. The monoisotopic (exact) mass is 465 g/mol. The van der Waals surface area contributed by atoms with Crippen LogP contribution in [0.5, 0.6) is 0 Å². The van der Waals surface area contributed by atoms with Crippen LogP contribution in [0.1, 0.15) is 12.2 Å². The maximum atomic E-state index is 12.3. The van der Waals surface area contributed by atoms with Crippen molar-refractivity contribution in [3.63, 3.8) is 0 Å². The lowest BCUT2D eigenvalue weighted by Gasteiger charge is -2.16. The minimum Gasteiger partial charge on any atom is -0.373 e. The Morgan fingerprint density at radius 2 is 2.03 bits per heavy atom. The first-order chi connectivity index (χ1) is 16.5. The van der Waals surface area contributed by atoms with Gasteiger partial charge in [0.15, 0.2) is 5.76 Å². The molecule has 0 aliphatic carbocycles. The number of carbonyl (C=O) groups is 1. The zero-order chi connectivity index (χ0) is 23.7. The molecule has 2 aliphatic heterocycles. The van der Waals surface area contributed by atoms with Gasteiger partial charge in [-0.05, 0) is 18.2 Å². The lowest BCUT2D eigenvalue weighted by Crippen LogP contribution is -2.40. The summed E-state index contributed by atoms with van der Waals surface area (Å²) >= 11 is 0. The number of aliphatic imine (C=N–C) groups is 1. The number of hydrogen-bond donors (Lipinski definition) is 3. The first kappa shape index (κ1) is 22.0. The van der Waals surface area contributed by atoms with E-state index in [2.05, 4.69) is 36.0 Å². The molecule has 0 saturated carbocycles. The standard InChI is InChI=1S/C21H23N9O4/c1-29-9-7-21(32,19(29)31)17-10-16(28-34-17)14-5-3-4-13(24-14)15-6-8-22-20(25-15)26-18-11-23-30(27-18)12-33-2/h3-6,8,10,23,32H,7,9,11-12H2,1-2H3,(H,22,25,26,27). The number of nitrogens with zero attached hydrogens (tertiary/aromatic N) is 7. The summed E-state index contributed by atoms with van der Waals surface area (Å²) in [6.45, 7) is 1.28. The second-order valence-electron chi connectivity index (χ2n) is 7.91. The van der Waals surface area contributed by atoms with Crippen molar-refractivity contribution in [2.45, 2.75) is 12.0 Å². The van der Waals surface area contributed by atoms with Gasteiger partial charge in [-0.25, -0.2) is 20.4 Å². The van der Waals surface area contributed by atoms with Gasteiger partial charge in [0.2, 0.25) is 5.60 Å². The highest BCUT2D eigenvalue weighted by Crippen LogP contribution is 2.34.